The van der Waals surface area contributed by atoms with Crippen LogP contribution in [-0.4, -0.2) is 80.9 Å². The third-order valence-electron chi connectivity index (χ3n) is 3.97. The highest BCUT2D eigenvalue weighted by molar-refractivity contribution is 7.89. The van der Waals surface area contributed by atoms with Gasteiger partial charge in [0.15, 0.2) is 5.96 Å². The second kappa shape index (κ2) is 9.48. The van der Waals surface area contributed by atoms with Crippen LogP contribution in [0, 0.1) is 0 Å². The summed E-state index contributed by atoms with van der Waals surface area (Å²) in [6.07, 6.45) is 2.84. The van der Waals surface area contributed by atoms with Crippen molar-refractivity contribution >= 4 is 21.9 Å². The van der Waals surface area contributed by atoms with Crippen LogP contribution in [0.3, 0.4) is 0 Å². The van der Waals surface area contributed by atoms with E-state index in [1.54, 1.807) is 13.0 Å². The zero-order valence-corrected chi connectivity index (χ0v) is 16.0. The molecule has 2 heterocycles. The molecule has 1 aliphatic heterocycles. The first kappa shape index (κ1) is 20.1. The Morgan fingerprint density at radius 1 is 1.27 bits per heavy atom. The van der Waals surface area contributed by atoms with E-state index in [9.17, 15) is 13.2 Å². The van der Waals surface area contributed by atoms with Crippen molar-refractivity contribution in [2.45, 2.75) is 18.7 Å². The van der Waals surface area contributed by atoms with E-state index in [-0.39, 0.29) is 17.3 Å². The fourth-order valence-electron chi connectivity index (χ4n) is 2.59. The number of carbonyl (C=O) groups excluding carboxylic acids is 1. The van der Waals surface area contributed by atoms with E-state index in [0.717, 1.165) is 5.96 Å². The lowest BCUT2D eigenvalue weighted by molar-refractivity contribution is -0.130. The monoisotopic (exact) mass is 382 g/mol. The molecule has 1 fully saturated rings. The molecule has 2 N–H and O–H groups in total. The first-order valence-electron chi connectivity index (χ1n) is 8.62. The van der Waals surface area contributed by atoms with E-state index < -0.39 is 10.0 Å². The van der Waals surface area contributed by atoms with Gasteiger partial charge in [0.25, 0.3) is 0 Å². The molecule has 10 heteroatoms. The maximum absolute atomic E-state index is 12.1. The number of aromatic nitrogens is 1. The molecule has 0 aromatic carbocycles. The van der Waals surface area contributed by atoms with Crippen LogP contribution in [0.15, 0.2) is 34.4 Å². The minimum absolute atomic E-state index is 0.0800. The number of piperazine rings is 1. The van der Waals surface area contributed by atoms with Gasteiger partial charge in [0.05, 0.1) is 6.54 Å². The summed E-state index contributed by atoms with van der Waals surface area (Å²) in [5, 5.41) is 3.21. The first-order valence-corrected chi connectivity index (χ1v) is 10.1. The zero-order chi connectivity index (χ0) is 19.0. The van der Waals surface area contributed by atoms with Crippen molar-refractivity contribution in [1.82, 2.24) is 24.8 Å². The topological polar surface area (TPSA) is 107 Å². The average Bonchev–Trinajstić information content (AvgIpc) is 2.65. The van der Waals surface area contributed by atoms with Crippen LogP contribution in [0.4, 0.5) is 0 Å². The number of guanidine groups is 1. The summed E-state index contributed by atoms with van der Waals surface area (Å²) in [5.41, 5.74) is 0. The molecule has 0 radical (unpaired) electrons. The summed E-state index contributed by atoms with van der Waals surface area (Å²) in [4.78, 5) is 23.7. The lowest BCUT2D eigenvalue weighted by atomic mass is 10.3. The van der Waals surface area contributed by atoms with Crippen molar-refractivity contribution in [3.63, 3.8) is 0 Å². The van der Waals surface area contributed by atoms with E-state index in [4.69, 9.17) is 0 Å². The van der Waals surface area contributed by atoms with Gasteiger partial charge in [0.2, 0.25) is 15.9 Å². The molecule has 0 unspecified atom stereocenters. The van der Waals surface area contributed by atoms with E-state index in [1.807, 2.05) is 11.8 Å². The number of nitrogens with one attached hydrogen (secondary N) is 2. The van der Waals surface area contributed by atoms with Gasteiger partial charge in [-0.2, -0.15) is 0 Å². The van der Waals surface area contributed by atoms with Crippen molar-refractivity contribution in [1.29, 1.82) is 0 Å². The number of carbonyl (C=O) groups is 1. The molecule has 0 spiro atoms. The zero-order valence-electron chi connectivity index (χ0n) is 15.2. The summed E-state index contributed by atoms with van der Waals surface area (Å²) < 4.78 is 26.8. The maximum atomic E-state index is 12.1. The molecule has 1 aromatic rings. The Labute approximate surface area is 154 Å². The number of aliphatic imine (C=N–C) groups is 1. The van der Waals surface area contributed by atoms with Crippen molar-refractivity contribution in [2.24, 2.45) is 4.99 Å². The van der Waals surface area contributed by atoms with E-state index in [1.165, 1.54) is 18.5 Å². The first-order chi connectivity index (χ1) is 12.4. The van der Waals surface area contributed by atoms with Gasteiger partial charge in [-0.3, -0.25) is 14.8 Å². The third kappa shape index (κ3) is 5.67. The molecule has 0 aliphatic carbocycles. The summed E-state index contributed by atoms with van der Waals surface area (Å²) in [5.74, 6) is 0.813. The normalized spacial score (nSPS) is 15.8. The van der Waals surface area contributed by atoms with Gasteiger partial charge in [0, 0.05) is 58.6 Å². The Morgan fingerprint density at radius 2 is 1.96 bits per heavy atom. The lowest BCUT2D eigenvalue weighted by Crippen LogP contribution is -2.53. The quantitative estimate of drug-likeness (QED) is 0.390. The lowest BCUT2D eigenvalue weighted by Gasteiger charge is -2.36. The molecule has 2 rings (SSSR count). The average molecular weight is 382 g/mol. The fourth-order valence-corrected chi connectivity index (χ4v) is 3.57. The number of pyridine rings is 1. The summed E-state index contributed by atoms with van der Waals surface area (Å²) in [7, 11) is -3.57. The molecule has 1 aromatic heterocycles. The molecular formula is C16H26N6O3S. The highest BCUT2D eigenvalue weighted by atomic mass is 32.2. The summed E-state index contributed by atoms with van der Waals surface area (Å²) in [6.45, 7) is 7.50. The molecule has 26 heavy (non-hydrogen) atoms. The highest BCUT2D eigenvalue weighted by Gasteiger charge is 2.20. The van der Waals surface area contributed by atoms with Crippen LogP contribution in [0.1, 0.15) is 13.8 Å². The van der Waals surface area contributed by atoms with Crippen molar-refractivity contribution in [3.05, 3.63) is 24.5 Å². The maximum Gasteiger partial charge on any atom is 0.242 e. The van der Waals surface area contributed by atoms with Crippen LogP contribution in [0.2, 0.25) is 0 Å². The van der Waals surface area contributed by atoms with E-state index >= 15 is 0 Å². The standard InChI is InChI=1S/C16H26N6O3S/c1-3-18-16(22-11-9-21(10-12-22)14(2)23)19-7-8-20-26(24,25)15-5-4-6-17-13-15/h4-6,13,20H,3,7-12H2,1-2H3,(H,18,19). The molecule has 144 valence electrons. The Balaban J connectivity index is 1.88. The molecule has 0 bridgehead atoms. The fraction of sp³-hybridized carbons (Fsp3) is 0.562. The number of hydrogen-bond donors (Lipinski definition) is 2. The minimum Gasteiger partial charge on any atom is -0.357 e. The van der Waals surface area contributed by atoms with Crippen LogP contribution in [0.25, 0.3) is 0 Å². The van der Waals surface area contributed by atoms with Crippen molar-refractivity contribution in [2.75, 3.05) is 45.8 Å². The van der Waals surface area contributed by atoms with Gasteiger partial charge in [0.1, 0.15) is 4.90 Å². The predicted octanol–water partition coefficient (Wildman–Crippen LogP) is -0.510. The molecule has 1 aliphatic rings. The van der Waals surface area contributed by atoms with Gasteiger partial charge >= 0.3 is 0 Å². The number of nitrogens with zero attached hydrogens (tertiary/aromatic N) is 4. The third-order valence-corrected chi connectivity index (χ3v) is 5.42. The molecular weight excluding hydrogens is 356 g/mol. The van der Waals surface area contributed by atoms with Crippen LogP contribution in [0.5, 0.6) is 0 Å². The Bertz CT molecular complexity index is 715. The number of amides is 1. The predicted molar refractivity (Wildman–Crippen MR) is 99.2 cm³/mol. The van der Waals surface area contributed by atoms with E-state index in [2.05, 4.69) is 24.9 Å². The van der Waals surface area contributed by atoms with Crippen LogP contribution < -0.4 is 10.0 Å². The van der Waals surface area contributed by atoms with Gasteiger partial charge in [-0.25, -0.2) is 13.1 Å². The van der Waals surface area contributed by atoms with Crippen LogP contribution >= 0.6 is 0 Å². The molecule has 1 saturated heterocycles. The SMILES string of the molecule is CCNC(=NCCNS(=O)(=O)c1cccnc1)N1CCN(C(C)=O)CC1. The van der Waals surface area contributed by atoms with Crippen molar-refractivity contribution < 1.29 is 13.2 Å². The van der Waals surface area contributed by atoms with Gasteiger partial charge in [-0.15, -0.1) is 0 Å². The Morgan fingerprint density at radius 3 is 2.54 bits per heavy atom. The number of rotatable bonds is 6. The molecule has 9 nitrogen and oxygen atoms in total. The summed E-state index contributed by atoms with van der Waals surface area (Å²) in [6, 6.07) is 3.08. The largest absolute Gasteiger partial charge is 0.357 e. The van der Waals surface area contributed by atoms with Crippen LogP contribution in [-0.2, 0) is 14.8 Å². The molecule has 0 saturated carbocycles. The Hall–Kier alpha value is -2.20. The second-order valence-electron chi connectivity index (χ2n) is 5.82. The van der Waals surface area contributed by atoms with Gasteiger partial charge in [-0.05, 0) is 19.1 Å². The molecule has 1 amide bonds. The minimum atomic E-state index is -3.57. The number of hydrogen-bond acceptors (Lipinski definition) is 5. The smallest absolute Gasteiger partial charge is 0.242 e. The summed E-state index contributed by atoms with van der Waals surface area (Å²) >= 11 is 0. The van der Waals surface area contributed by atoms with Crippen molar-refractivity contribution in [3.8, 4) is 0 Å². The highest BCUT2D eigenvalue weighted by Crippen LogP contribution is 2.05. The van der Waals surface area contributed by atoms with Gasteiger partial charge < -0.3 is 15.1 Å². The molecule has 0 atom stereocenters. The number of sulfonamides is 1. The van der Waals surface area contributed by atoms with E-state index in [0.29, 0.717) is 39.3 Å². The Kier molecular flexibility index (Phi) is 7.34. The second-order valence-corrected chi connectivity index (χ2v) is 7.58. The van der Waals surface area contributed by atoms with Gasteiger partial charge in [-0.1, -0.05) is 0 Å².